The number of carbonyl (C=O) groups is 1. The van der Waals surface area contributed by atoms with Gasteiger partial charge in [0.2, 0.25) is 0 Å². The molecule has 2 N–H and O–H groups in total. The fraction of sp³-hybridized carbons (Fsp3) is 0.133. The van der Waals surface area contributed by atoms with Gasteiger partial charge in [-0.15, -0.1) is 0 Å². The third-order valence-corrected chi connectivity index (χ3v) is 2.82. The van der Waals surface area contributed by atoms with Crippen molar-refractivity contribution in [3.63, 3.8) is 0 Å². The number of carbonyl (C=O) groups excluding carboxylic acids is 1. The number of hydrogen-bond donors (Lipinski definition) is 1. The topological polar surface area (TPSA) is 43.1 Å². The Balaban J connectivity index is 2.05. The molecule has 0 saturated carbocycles. The summed E-state index contributed by atoms with van der Waals surface area (Å²) in [5, 5.41) is 0. The molecule has 0 aliphatic carbocycles. The number of aldehydes is 1. The maximum absolute atomic E-state index is 10.6. The zero-order valence-electron chi connectivity index (χ0n) is 9.60. The summed E-state index contributed by atoms with van der Waals surface area (Å²) in [7, 11) is 0. The highest BCUT2D eigenvalue weighted by Crippen LogP contribution is 2.14. The molecule has 86 valence electrons. The van der Waals surface area contributed by atoms with Crippen LogP contribution < -0.4 is 5.73 Å². The van der Waals surface area contributed by atoms with Gasteiger partial charge in [-0.25, -0.2) is 0 Å². The van der Waals surface area contributed by atoms with Gasteiger partial charge < -0.3 is 5.73 Å². The maximum atomic E-state index is 10.6. The molecule has 2 aromatic carbocycles. The normalized spacial score (nSPS) is 10.1. The molecule has 0 bridgehead atoms. The summed E-state index contributed by atoms with van der Waals surface area (Å²) in [6.07, 6.45) is 2.71. The first kappa shape index (κ1) is 11.4. The van der Waals surface area contributed by atoms with Crippen molar-refractivity contribution >= 4 is 12.0 Å². The standard InChI is InChI=1S/C15H15NO/c16-15-10-13(8-9-14(15)11-17)7-6-12-4-2-1-3-5-12/h1-5,8-11H,6-7,16H2. The van der Waals surface area contributed by atoms with Gasteiger partial charge in [-0.05, 0) is 36.1 Å². The zero-order chi connectivity index (χ0) is 12.1. The van der Waals surface area contributed by atoms with Gasteiger partial charge >= 0.3 is 0 Å². The van der Waals surface area contributed by atoms with Crippen LogP contribution in [0.2, 0.25) is 0 Å². The van der Waals surface area contributed by atoms with Crippen molar-refractivity contribution in [2.45, 2.75) is 12.8 Å². The number of nitrogen functional groups attached to an aromatic ring is 1. The first-order chi connectivity index (χ1) is 8.29. The van der Waals surface area contributed by atoms with Gasteiger partial charge in [0.1, 0.15) is 0 Å². The van der Waals surface area contributed by atoms with Gasteiger partial charge in [-0.1, -0.05) is 36.4 Å². The third-order valence-electron chi connectivity index (χ3n) is 2.82. The number of benzene rings is 2. The van der Waals surface area contributed by atoms with Crippen LogP contribution in [0.5, 0.6) is 0 Å². The number of aryl methyl sites for hydroxylation is 2. The molecule has 0 amide bonds. The molecule has 0 aliphatic rings. The van der Waals surface area contributed by atoms with Crippen LogP contribution in [-0.4, -0.2) is 6.29 Å². The highest BCUT2D eigenvalue weighted by molar-refractivity contribution is 5.83. The van der Waals surface area contributed by atoms with E-state index in [1.54, 1.807) is 6.07 Å². The van der Waals surface area contributed by atoms with Crippen LogP contribution in [0.15, 0.2) is 48.5 Å². The van der Waals surface area contributed by atoms with Crippen molar-refractivity contribution in [1.29, 1.82) is 0 Å². The minimum Gasteiger partial charge on any atom is -0.398 e. The molecule has 0 radical (unpaired) electrons. The lowest BCUT2D eigenvalue weighted by molar-refractivity contribution is 0.112. The number of hydrogen-bond acceptors (Lipinski definition) is 2. The van der Waals surface area contributed by atoms with E-state index in [0.717, 1.165) is 24.7 Å². The van der Waals surface area contributed by atoms with E-state index in [-0.39, 0.29) is 0 Å². The highest BCUT2D eigenvalue weighted by atomic mass is 16.1. The largest absolute Gasteiger partial charge is 0.398 e. The monoisotopic (exact) mass is 225 g/mol. The molecule has 17 heavy (non-hydrogen) atoms. The van der Waals surface area contributed by atoms with Crippen LogP contribution in [0.25, 0.3) is 0 Å². The summed E-state index contributed by atoms with van der Waals surface area (Å²) in [6.45, 7) is 0. The quantitative estimate of drug-likeness (QED) is 0.642. The summed E-state index contributed by atoms with van der Waals surface area (Å²) in [5.74, 6) is 0. The van der Waals surface area contributed by atoms with E-state index in [1.807, 2.05) is 30.3 Å². The van der Waals surface area contributed by atoms with E-state index < -0.39 is 0 Å². The Morgan fingerprint density at radius 3 is 2.29 bits per heavy atom. The fourth-order valence-corrected chi connectivity index (χ4v) is 1.82. The van der Waals surface area contributed by atoms with Crippen LogP contribution in [0.4, 0.5) is 5.69 Å². The van der Waals surface area contributed by atoms with Gasteiger partial charge in [-0.3, -0.25) is 4.79 Å². The van der Waals surface area contributed by atoms with Crippen LogP contribution in [0.3, 0.4) is 0 Å². The van der Waals surface area contributed by atoms with Crippen molar-refractivity contribution in [3.8, 4) is 0 Å². The minimum atomic E-state index is 0.561. The van der Waals surface area contributed by atoms with E-state index in [9.17, 15) is 4.79 Å². The second kappa shape index (κ2) is 5.30. The van der Waals surface area contributed by atoms with Crippen molar-refractivity contribution < 1.29 is 4.79 Å². The van der Waals surface area contributed by atoms with E-state index >= 15 is 0 Å². The number of rotatable bonds is 4. The SMILES string of the molecule is Nc1cc(CCc2ccccc2)ccc1C=O. The van der Waals surface area contributed by atoms with Gasteiger partial charge in [0.25, 0.3) is 0 Å². The molecular formula is C15H15NO. The molecule has 0 aliphatic heterocycles. The number of anilines is 1. The van der Waals surface area contributed by atoms with Crippen molar-refractivity contribution in [2.24, 2.45) is 0 Å². The molecule has 0 aromatic heterocycles. The maximum Gasteiger partial charge on any atom is 0.152 e. The highest BCUT2D eigenvalue weighted by Gasteiger charge is 2.00. The van der Waals surface area contributed by atoms with E-state index in [4.69, 9.17) is 5.73 Å². The van der Waals surface area contributed by atoms with Gasteiger partial charge in [0.15, 0.2) is 6.29 Å². The summed E-state index contributed by atoms with van der Waals surface area (Å²) in [6, 6.07) is 15.9. The molecular weight excluding hydrogens is 210 g/mol. The van der Waals surface area contributed by atoms with Gasteiger partial charge in [-0.2, -0.15) is 0 Å². The Morgan fingerprint density at radius 1 is 0.941 bits per heavy atom. The first-order valence-electron chi connectivity index (χ1n) is 5.67. The molecule has 0 fully saturated rings. The second-order valence-corrected chi connectivity index (χ2v) is 4.07. The van der Waals surface area contributed by atoms with E-state index in [2.05, 4.69) is 12.1 Å². The predicted molar refractivity (Wildman–Crippen MR) is 70.1 cm³/mol. The van der Waals surface area contributed by atoms with Gasteiger partial charge in [0.05, 0.1) is 0 Å². The zero-order valence-corrected chi connectivity index (χ0v) is 9.60. The summed E-state index contributed by atoms with van der Waals surface area (Å²) in [4.78, 5) is 10.6. The molecule has 2 rings (SSSR count). The molecule has 2 nitrogen and oxygen atoms in total. The number of nitrogens with two attached hydrogens (primary N) is 1. The van der Waals surface area contributed by atoms with E-state index in [1.165, 1.54) is 5.56 Å². The molecule has 2 heteroatoms. The van der Waals surface area contributed by atoms with Crippen molar-refractivity contribution in [3.05, 3.63) is 65.2 Å². The lowest BCUT2D eigenvalue weighted by atomic mass is 10.0. The summed E-state index contributed by atoms with van der Waals surface area (Å²) in [5.41, 5.74) is 9.37. The minimum absolute atomic E-state index is 0.561. The average Bonchev–Trinajstić information content (AvgIpc) is 2.38. The molecule has 0 heterocycles. The van der Waals surface area contributed by atoms with Gasteiger partial charge in [0, 0.05) is 11.3 Å². The van der Waals surface area contributed by atoms with E-state index in [0.29, 0.717) is 11.3 Å². The molecule has 0 saturated heterocycles. The van der Waals surface area contributed by atoms with Crippen molar-refractivity contribution in [2.75, 3.05) is 5.73 Å². The lowest BCUT2D eigenvalue weighted by Gasteiger charge is -2.04. The van der Waals surface area contributed by atoms with Crippen LogP contribution >= 0.6 is 0 Å². The summed E-state index contributed by atoms with van der Waals surface area (Å²) < 4.78 is 0. The average molecular weight is 225 g/mol. The fourth-order valence-electron chi connectivity index (χ4n) is 1.82. The lowest BCUT2D eigenvalue weighted by Crippen LogP contribution is -1.96. The van der Waals surface area contributed by atoms with Crippen LogP contribution in [-0.2, 0) is 12.8 Å². The Kier molecular flexibility index (Phi) is 3.55. The Bertz CT molecular complexity index is 506. The Morgan fingerprint density at radius 2 is 1.65 bits per heavy atom. The Labute approximate surface area is 101 Å². The smallest absolute Gasteiger partial charge is 0.152 e. The third kappa shape index (κ3) is 2.94. The molecule has 2 aromatic rings. The molecule has 0 atom stereocenters. The second-order valence-electron chi connectivity index (χ2n) is 4.07. The molecule has 0 spiro atoms. The van der Waals surface area contributed by atoms with Crippen molar-refractivity contribution in [1.82, 2.24) is 0 Å². The first-order valence-corrected chi connectivity index (χ1v) is 5.67. The molecule has 0 unspecified atom stereocenters. The summed E-state index contributed by atoms with van der Waals surface area (Å²) >= 11 is 0. The van der Waals surface area contributed by atoms with Crippen LogP contribution in [0.1, 0.15) is 21.5 Å². The Hall–Kier alpha value is -2.09. The van der Waals surface area contributed by atoms with Crippen LogP contribution in [0, 0.1) is 0 Å². The predicted octanol–water partition coefficient (Wildman–Crippen LogP) is 2.87.